The molecule has 0 aliphatic heterocycles. The summed E-state index contributed by atoms with van der Waals surface area (Å²) in [5.74, 6) is 0.520. The second-order valence-corrected chi connectivity index (χ2v) is 5.35. The van der Waals surface area contributed by atoms with Crippen LogP contribution < -0.4 is 0 Å². The van der Waals surface area contributed by atoms with Gasteiger partial charge in [0.2, 0.25) is 0 Å². The van der Waals surface area contributed by atoms with Gasteiger partial charge in [0.1, 0.15) is 0 Å². The van der Waals surface area contributed by atoms with Gasteiger partial charge in [0.05, 0.1) is 5.60 Å². The zero-order valence-corrected chi connectivity index (χ0v) is 9.92. The molecule has 2 rings (SSSR count). The summed E-state index contributed by atoms with van der Waals surface area (Å²) in [6.07, 6.45) is 3.14. The van der Waals surface area contributed by atoms with E-state index < -0.39 is 5.60 Å². The van der Waals surface area contributed by atoms with Crippen LogP contribution in [-0.4, -0.2) is 10.7 Å². The van der Waals surface area contributed by atoms with Crippen molar-refractivity contribution in [3.8, 4) is 0 Å². The van der Waals surface area contributed by atoms with E-state index >= 15 is 0 Å². The molecular formula is C12H15BrO. The van der Waals surface area contributed by atoms with Gasteiger partial charge in [-0.1, -0.05) is 28.1 Å². The van der Waals surface area contributed by atoms with E-state index in [1.54, 1.807) is 0 Å². The van der Waals surface area contributed by atoms with Crippen LogP contribution in [0.2, 0.25) is 0 Å². The molecule has 0 saturated heterocycles. The Morgan fingerprint density at radius 1 is 1.36 bits per heavy atom. The molecule has 1 aromatic carbocycles. The molecule has 0 heterocycles. The summed E-state index contributed by atoms with van der Waals surface area (Å²) in [6.45, 7) is 1.95. The van der Waals surface area contributed by atoms with Crippen molar-refractivity contribution in [3.05, 3.63) is 34.3 Å². The Hall–Kier alpha value is -0.340. The lowest BCUT2D eigenvalue weighted by Crippen LogP contribution is -2.29. The number of rotatable bonds is 3. The molecule has 76 valence electrons. The lowest BCUT2D eigenvalue weighted by Gasteiger charge is -2.22. The van der Waals surface area contributed by atoms with Crippen LogP contribution in [0.3, 0.4) is 0 Å². The van der Waals surface area contributed by atoms with Gasteiger partial charge in [-0.05, 0) is 43.4 Å². The van der Waals surface area contributed by atoms with Gasteiger partial charge in [-0.2, -0.15) is 0 Å². The molecule has 1 aromatic rings. The largest absolute Gasteiger partial charge is 0.390 e. The fourth-order valence-electron chi connectivity index (χ4n) is 1.87. The van der Waals surface area contributed by atoms with Crippen LogP contribution in [0, 0.1) is 5.92 Å². The van der Waals surface area contributed by atoms with E-state index in [1.165, 1.54) is 18.4 Å². The molecular weight excluding hydrogens is 240 g/mol. The van der Waals surface area contributed by atoms with Crippen molar-refractivity contribution < 1.29 is 5.11 Å². The van der Waals surface area contributed by atoms with E-state index in [2.05, 4.69) is 28.1 Å². The minimum atomic E-state index is -0.506. The molecule has 1 aliphatic rings. The summed E-state index contributed by atoms with van der Waals surface area (Å²) in [4.78, 5) is 0. The summed E-state index contributed by atoms with van der Waals surface area (Å²) in [7, 11) is 0. The molecule has 0 spiro atoms. The van der Waals surface area contributed by atoms with E-state index in [1.807, 2.05) is 19.1 Å². The van der Waals surface area contributed by atoms with Gasteiger partial charge in [-0.3, -0.25) is 0 Å². The molecule has 1 atom stereocenters. The first-order valence-electron chi connectivity index (χ1n) is 5.05. The molecule has 1 aliphatic carbocycles. The highest BCUT2D eigenvalue weighted by atomic mass is 79.9. The quantitative estimate of drug-likeness (QED) is 0.879. The lowest BCUT2D eigenvalue weighted by atomic mass is 9.92. The molecule has 1 N–H and O–H groups in total. The average molecular weight is 255 g/mol. The van der Waals surface area contributed by atoms with Crippen molar-refractivity contribution >= 4 is 15.9 Å². The van der Waals surface area contributed by atoms with Crippen LogP contribution >= 0.6 is 15.9 Å². The third-order valence-corrected chi connectivity index (χ3v) is 3.46. The highest BCUT2D eigenvalue weighted by Gasteiger charge is 2.39. The maximum absolute atomic E-state index is 10.2. The van der Waals surface area contributed by atoms with E-state index in [0.29, 0.717) is 5.92 Å². The fourth-order valence-corrected chi connectivity index (χ4v) is 2.13. The first-order chi connectivity index (χ1) is 6.58. The van der Waals surface area contributed by atoms with Gasteiger partial charge in [0.25, 0.3) is 0 Å². The molecule has 2 heteroatoms. The average Bonchev–Trinajstić information content (AvgIpc) is 2.91. The smallest absolute Gasteiger partial charge is 0.0687 e. The van der Waals surface area contributed by atoms with E-state index in [9.17, 15) is 5.11 Å². The fraction of sp³-hybridized carbons (Fsp3) is 0.500. The molecule has 1 unspecified atom stereocenters. The van der Waals surface area contributed by atoms with Gasteiger partial charge in [-0.25, -0.2) is 0 Å². The number of halogens is 1. The van der Waals surface area contributed by atoms with Crippen LogP contribution in [0.4, 0.5) is 0 Å². The van der Waals surface area contributed by atoms with Crippen LogP contribution in [0.5, 0.6) is 0 Å². The Balaban J connectivity index is 2.06. The Morgan fingerprint density at radius 3 is 2.43 bits per heavy atom. The lowest BCUT2D eigenvalue weighted by molar-refractivity contribution is 0.0372. The topological polar surface area (TPSA) is 20.2 Å². The van der Waals surface area contributed by atoms with Crippen molar-refractivity contribution in [1.82, 2.24) is 0 Å². The maximum atomic E-state index is 10.2. The molecule has 0 amide bonds. The minimum Gasteiger partial charge on any atom is -0.390 e. The molecule has 0 aromatic heterocycles. The van der Waals surface area contributed by atoms with Crippen LogP contribution in [0.15, 0.2) is 28.7 Å². The van der Waals surface area contributed by atoms with Gasteiger partial charge in [-0.15, -0.1) is 0 Å². The van der Waals surface area contributed by atoms with E-state index in [0.717, 1.165) is 10.9 Å². The predicted molar refractivity (Wildman–Crippen MR) is 61.2 cm³/mol. The van der Waals surface area contributed by atoms with Crippen molar-refractivity contribution in [2.75, 3.05) is 0 Å². The van der Waals surface area contributed by atoms with Crippen molar-refractivity contribution in [2.45, 2.75) is 31.8 Å². The van der Waals surface area contributed by atoms with Gasteiger partial charge in [0.15, 0.2) is 0 Å². The Morgan fingerprint density at radius 2 is 1.93 bits per heavy atom. The SMILES string of the molecule is CC(O)(Cc1ccc(Br)cc1)C1CC1. The number of benzene rings is 1. The zero-order chi connectivity index (χ0) is 10.2. The molecule has 0 radical (unpaired) electrons. The second kappa shape index (κ2) is 3.67. The molecule has 1 fully saturated rings. The van der Waals surface area contributed by atoms with Crippen LogP contribution in [-0.2, 0) is 6.42 Å². The molecule has 0 bridgehead atoms. The predicted octanol–water partition coefficient (Wildman–Crippen LogP) is 3.15. The standard InChI is InChI=1S/C12H15BrO/c1-12(14,10-4-5-10)8-9-2-6-11(13)7-3-9/h2-3,6-7,10,14H,4-5,8H2,1H3. The second-order valence-electron chi connectivity index (χ2n) is 4.43. The highest BCUT2D eigenvalue weighted by molar-refractivity contribution is 9.10. The van der Waals surface area contributed by atoms with E-state index in [4.69, 9.17) is 0 Å². The summed E-state index contributed by atoms with van der Waals surface area (Å²) in [5.41, 5.74) is 0.707. The van der Waals surface area contributed by atoms with Gasteiger partial charge >= 0.3 is 0 Å². The highest BCUT2D eigenvalue weighted by Crippen LogP contribution is 2.41. The molecule has 1 saturated carbocycles. The van der Waals surface area contributed by atoms with Crippen LogP contribution in [0.25, 0.3) is 0 Å². The summed E-state index contributed by atoms with van der Waals surface area (Å²) in [5, 5.41) is 10.2. The van der Waals surface area contributed by atoms with Crippen molar-refractivity contribution in [1.29, 1.82) is 0 Å². The summed E-state index contributed by atoms with van der Waals surface area (Å²) >= 11 is 3.40. The van der Waals surface area contributed by atoms with Gasteiger partial charge < -0.3 is 5.11 Å². The van der Waals surface area contributed by atoms with Crippen molar-refractivity contribution in [2.24, 2.45) is 5.92 Å². The number of hydrogen-bond donors (Lipinski definition) is 1. The number of aliphatic hydroxyl groups is 1. The van der Waals surface area contributed by atoms with E-state index in [-0.39, 0.29) is 0 Å². The van der Waals surface area contributed by atoms with Gasteiger partial charge in [0, 0.05) is 10.9 Å². The zero-order valence-electron chi connectivity index (χ0n) is 8.33. The number of hydrogen-bond acceptors (Lipinski definition) is 1. The molecule has 14 heavy (non-hydrogen) atoms. The van der Waals surface area contributed by atoms with Crippen molar-refractivity contribution in [3.63, 3.8) is 0 Å². The third kappa shape index (κ3) is 2.37. The summed E-state index contributed by atoms with van der Waals surface area (Å²) < 4.78 is 1.09. The minimum absolute atomic E-state index is 0.506. The first kappa shape index (κ1) is 10.2. The maximum Gasteiger partial charge on any atom is 0.0687 e. The monoisotopic (exact) mass is 254 g/mol. The Kier molecular flexibility index (Phi) is 2.67. The Bertz CT molecular complexity index is 312. The Labute approximate surface area is 93.3 Å². The van der Waals surface area contributed by atoms with Crippen LogP contribution in [0.1, 0.15) is 25.3 Å². The molecule has 1 nitrogen and oxygen atoms in total. The summed E-state index contributed by atoms with van der Waals surface area (Å²) in [6, 6.07) is 8.19. The normalized spacial score (nSPS) is 20.5. The first-order valence-corrected chi connectivity index (χ1v) is 5.84. The third-order valence-electron chi connectivity index (χ3n) is 2.93.